The molecular formula is C27H44O3. The molecule has 0 heterocycles. The Hall–Kier alpha value is -0.640. The summed E-state index contributed by atoms with van der Waals surface area (Å²) in [4.78, 5) is 0. The molecule has 0 aromatic carbocycles. The molecule has 3 heteroatoms. The Morgan fingerprint density at radius 3 is 2.43 bits per heavy atom. The Balaban J connectivity index is 1.55. The molecule has 3 saturated carbocycles. The molecule has 9 atom stereocenters. The van der Waals surface area contributed by atoms with Crippen LogP contribution >= 0.6 is 0 Å². The Bertz CT molecular complexity index is 709. The zero-order valence-corrected chi connectivity index (χ0v) is 19.8. The van der Waals surface area contributed by atoms with Gasteiger partial charge >= 0.3 is 0 Å². The van der Waals surface area contributed by atoms with Crippen molar-refractivity contribution in [1.82, 2.24) is 0 Å². The van der Waals surface area contributed by atoms with Crippen LogP contribution in [0.3, 0.4) is 0 Å². The van der Waals surface area contributed by atoms with Crippen molar-refractivity contribution >= 4 is 0 Å². The molecule has 0 saturated heterocycles. The van der Waals surface area contributed by atoms with Crippen LogP contribution in [0.2, 0.25) is 0 Å². The van der Waals surface area contributed by atoms with E-state index in [-0.39, 0.29) is 11.5 Å². The largest absolute Gasteiger partial charge is 0.393 e. The first-order valence-corrected chi connectivity index (χ1v) is 12.5. The van der Waals surface area contributed by atoms with Gasteiger partial charge in [0.05, 0.1) is 18.3 Å². The third kappa shape index (κ3) is 3.44. The third-order valence-corrected chi connectivity index (χ3v) is 10.1. The molecule has 0 radical (unpaired) electrons. The number of allylic oxidation sites excluding steroid dienone is 3. The van der Waals surface area contributed by atoms with E-state index in [1.165, 1.54) is 24.8 Å². The van der Waals surface area contributed by atoms with Gasteiger partial charge in [-0.25, -0.2) is 0 Å². The van der Waals surface area contributed by atoms with Crippen LogP contribution < -0.4 is 0 Å². The summed E-state index contributed by atoms with van der Waals surface area (Å²) in [6, 6.07) is 0. The van der Waals surface area contributed by atoms with Gasteiger partial charge in [-0.1, -0.05) is 57.9 Å². The summed E-state index contributed by atoms with van der Waals surface area (Å²) >= 11 is 0. The second-order valence-electron chi connectivity index (χ2n) is 12.0. The molecule has 3 N–H and O–H groups in total. The Labute approximate surface area is 183 Å². The second kappa shape index (κ2) is 8.05. The molecule has 30 heavy (non-hydrogen) atoms. The summed E-state index contributed by atoms with van der Waals surface area (Å²) in [6.07, 6.45) is 11.8. The van der Waals surface area contributed by atoms with Gasteiger partial charge in [0, 0.05) is 11.8 Å². The van der Waals surface area contributed by atoms with Crippen LogP contribution in [0.4, 0.5) is 0 Å². The second-order valence-corrected chi connectivity index (χ2v) is 12.0. The number of aliphatic hydroxyl groups is 3. The van der Waals surface area contributed by atoms with Gasteiger partial charge in [-0.05, 0) is 80.0 Å². The summed E-state index contributed by atoms with van der Waals surface area (Å²) in [5, 5.41) is 31.5. The van der Waals surface area contributed by atoms with Crippen molar-refractivity contribution in [1.29, 1.82) is 0 Å². The predicted octanol–water partition coefficient (Wildman–Crippen LogP) is 5.25. The molecule has 4 aliphatic carbocycles. The SMILES string of the molecule is CC(C)C(O)CC[C@@H](C)[C@H]1CC[C@H]2C3=CC=C4C[C@@H](O)C[C@H](O)[C@]4(C)[C@H]3CC[C@]12C. The standard InChI is InChI=1S/C27H44O3/c1-16(2)24(29)11-6-17(3)21-9-10-22-20-8-7-18-14-19(28)15-25(30)27(18,5)23(20)12-13-26(21,22)4/h7-8,16-17,19,21-25,28-30H,6,9-15H2,1-5H3/t17-,19-,21-,22+,23+,24?,25+,26-,27+/m1/s1. The van der Waals surface area contributed by atoms with Crippen molar-refractivity contribution in [3.8, 4) is 0 Å². The number of rotatable bonds is 5. The first-order valence-electron chi connectivity index (χ1n) is 12.5. The quantitative estimate of drug-likeness (QED) is 0.573. The summed E-state index contributed by atoms with van der Waals surface area (Å²) in [7, 11) is 0. The van der Waals surface area contributed by atoms with E-state index < -0.39 is 12.2 Å². The van der Waals surface area contributed by atoms with Gasteiger partial charge in [0.15, 0.2) is 0 Å². The van der Waals surface area contributed by atoms with Crippen LogP contribution in [0, 0.1) is 40.4 Å². The maximum absolute atomic E-state index is 11.0. The summed E-state index contributed by atoms with van der Waals surface area (Å²) in [5.41, 5.74) is 2.99. The first-order chi connectivity index (χ1) is 14.1. The molecule has 0 spiro atoms. The Morgan fingerprint density at radius 2 is 1.73 bits per heavy atom. The fourth-order valence-corrected chi connectivity index (χ4v) is 7.99. The molecule has 0 bridgehead atoms. The molecular weight excluding hydrogens is 372 g/mol. The lowest BCUT2D eigenvalue weighted by molar-refractivity contribution is -0.0546. The van der Waals surface area contributed by atoms with E-state index in [2.05, 4.69) is 46.8 Å². The molecule has 4 rings (SSSR count). The summed E-state index contributed by atoms with van der Waals surface area (Å²) in [5.74, 6) is 2.75. The minimum absolute atomic E-state index is 0.180. The molecule has 0 aromatic rings. The highest BCUT2D eigenvalue weighted by Crippen LogP contribution is 2.66. The van der Waals surface area contributed by atoms with Crippen LogP contribution in [-0.4, -0.2) is 33.6 Å². The van der Waals surface area contributed by atoms with Gasteiger partial charge in [0.1, 0.15) is 0 Å². The Morgan fingerprint density at radius 1 is 1.00 bits per heavy atom. The normalized spacial score (nSPS) is 45.2. The lowest BCUT2D eigenvalue weighted by atomic mass is 9.49. The molecule has 0 aliphatic heterocycles. The maximum Gasteiger partial charge on any atom is 0.0661 e. The van der Waals surface area contributed by atoms with Crippen LogP contribution in [-0.2, 0) is 0 Å². The minimum atomic E-state index is -0.445. The molecule has 4 aliphatic rings. The van der Waals surface area contributed by atoms with Gasteiger partial charge in [0.2, 0.25) is 0 Å². The van der Waals surface area contributed by atoms with Crippen molar-refractivity contribution in [2.75, 3.05) is 0 Å². The van der Waals surface area contributed by atoms with Crippen LogP contribution in [0.25, 0.3) is 0 Å². The lowest BCUT2D eigenvalue weighted by Crippen LogP contribution is -2.52. The molecule has 170 valence electrons. The fraction of sp³-hybridized carbons (Fsp3) is 0.852. The van der Waals surface area contributed by atoms with Crippen molar-refractivity contribution in [3.63, 3.8) is 0 Å². The zero-order chi connectivity index (χ0) is 21.8. The average molecular weight is 417 g/mol. The van der Waals surface area contributed by atoms with E-state index in [4.69, 9.17) is 0 Å². The highest BCUT2D eigenvalue weighted by Gasteiger charge is 2.58. The number of hydrogen-bond donors (Lipinski definition) is 3. The van der Waals surface area contributed by atoms with Crippen LogP contribution in [0.1, 0.15) is 86.0 Å². The highest BCUT2D eigenvalue weighted by atomic mass is 16.3. The zero-order valence-electron chi connectivity index (χ0n) is 19.8. The smallest absolute Gasteiger partial charge is 0.0661 e. The number of fused-ring (bicyclic) bond motifs is 5. The van der Waals surface area contributed by atoms with E-state index in [1.54, 1.807) is 5.57 Å². The first kappa shape index (κ1) is 22.6. The Kier molecular flexibility index (Phi) is 6.05. The van der Waals surface area contributed by atoms with Gasteiger partial charge < -0.3 is 15.3 Å². The number of aliphatic hydroxyl groups excluding tert-OH is 3. The average Bonchev–Trinajstić information content (AvgIpc) is 3.04. The van der Waals surface area contributed by atoms with E-state index in [0.717, 1.165) is 25.2 Å². The van der Waals surface area contributed by atoms with Gasteiger partial charge in [-0.2, -0.15) is 0 Å². The van der Waals surface area contributed by atoms with Crippen molar-refractivity contribution < 1.29 is 15.3 Å². The summed E-state index contributed by atoms with van der Waals surface area (Å²) in [6.45, 7) is 11.4. The minimum Gasteiger partial charge on any atom is -0.393 e. The molecule has 0 aromatic heterocycles. The maximum atomic E-state index is 11.0. The molecule has 0 amide bonds. The summed E-state index contributed by atoms with van der Waals surface area (Å²) < 4.78 is 0. The molecule has 1 unspecified atom stereocenters. The fourth-order valence-electron chi connectivity index (χ4n) is 7.99. The highest BCUT2D eigenvalue weighted by molar-refractivity contribution is 5.40. The predicted molar refractivity (Wildman–Crippen MR) is 122 cm³/mol. The van der Waals surface area contributed by atoms with Crippen LogP contribution in [0.5, 0.6) is 0 Å². The van der Waals surface area contributed by atoms with E-state index in [9.17, 15) is 15.3 Å². The van der Waals surface area contributed by atoms with Gasteiger partial charge in [-0.3, -0.25) is 0 Å². The van der Waals surface area contributed by atoms with Gasteiger partial charge in [-0.15, -0.1) is 0 Å². The van der Waals surface area contributed by atoms with Crippen molar-refractivity contribution in [2.24, 2.45) is 40.4 Å². The third-order valence-electron chi connectivity index (χ3n) is 10.1. The lowest BCUT2D eigenvalue weighted by Gasteiger charge is -2.56. The molecule has 3 nitrogen and oxygen atoms in total. The topological polar surface area (TPSA) is 60.7 Å². The monoisotopic (exact) mass is 416 g/mol. The van der Waals surface area contributed by atoms with Crippen molar-refractivity contribution in [3.05, 3.63) is 23.3 Å². The van der Waals surface area contributed by atoms with E-state index in [1.807, 2.05) is 0 Å². The number of hydrogen-bond acceptors (Lipinski definition) is 3. The van der Waals surface area contributed by atoms with E-state index >= 15 is 0 Å². The van der Waals surface area contributed by atoms with Crippen LogP contribution in [0.15, 0.2) is 23.3 Å². The van der Waals surface area contributed by atoms with E-state index in [0.29, 0.717) is 41.9 Å². The van der Waals surface area contributed by atoms with Gasteiger partial charge in [0.25, 0.3) is 0 Å². The van der Waals surface area contributed by atoms with Crippen molar-refractivity contribution in [2.45, 2.75) is 104 Å². The molecule has 3 fully saturated rings.